The highest BCUT2D eigenvalue weighted by atomic mass is 32.2. The summed E-state index contributed by atoms with van der Waals surface area (Å²) >= 11 is 0. The molecule has 1 saturated heterocycles. The third-order valence-corrected chi connectivity index (χ3v) is 4.94. The molecule has 1 aromatic carbocycles. The van der Waals surface area contributed by atoms with Crippen LogP contribution in [0.2, 0.25) is 0 Å². The van der Waals surface area contributed by atoms with Crippen molar-refractivity contribution in [2.24, 2.45) is 0 Å². The molecule has 24 heavy (non-hydrogen) atoms. The van der Waals surface area contributed by atoms with Crippen LogP contribution in [-0.2, 0) is 19.0 Å². The van der Waals surface area contributed by atoms with Crippen LogP contribution < -0.4 is 0 Å². The third kappa shape index (κ3) is 4.10. The second-order valence-corrected chi connectivity index (χ2v) is 7.07. The van der Waals surface area contributed by atoms with E-state index in [1.807, 2.05) is 37.3 Å². The minimum absolute atomic E-state index is 0.174. The molecular weight excluding hydrogens is 345 g/mol. The Kier molecular flexibility index (Phi) is 5.59. The number of halogens is 3. The van der Waals surface area contributed by atoms with E-state index in [4.69, 9.17) is 4.74 Å². The molecule has 2 atom stereocenters. The molecule has 0 aromatic heterocycles. The minimum atomic E-state index is -5.66. The molecule has 134 valence electrons. The van der Waals surface area contributed by atoms with Gasteiger partial charge in [-0.15, -0.1) is 0 Å². The summed E-state index contributed by atoms with van der Waals surface area (Å²) in [4.78, 5) is 0. The van der Waals surface area contributed by atoms with Gasteiger partial charge in [-0.25, -0.2) is 0 Å². The molecule has 1 aliphatic heterocycles. The summed E-state index contributed by atoms with van der Waals surface area (Å²) < 4.78 is 69.9. The second kappa shape index (κ2) is 7.14. The van der Waals surface area contributed by atoms with Crippen LogP contribution in [0.25, 0.3) is 0 Å². The van der Waals surface area contributed by atoms with Gasteiger partial charge < -0.3 is 8.92 Å². The molecule has 8 heteroatoms. The van der Waals surface area contributed by atoms with Gasteiger partial charge in [0.15, 0.2) is 0 Å². The van der Waals surface area contributed by atoms with Crippen LogP contribution in [0.4, 0.5) is 13.2 Å². The molecule has 1 aromatic rings. The van der Waals surface area contributed by atoms with Crippen LogP contribution >= 0.6 is 0 Å². The highest BCUT2D eigenvalue weighted by Gasteiger charge is 2.49. The highest BCUT2D eigenvalue weighted by Crippen LogP contribution is 2.38. The zero-order chi connectivity index (χ0) is 18.0. The van der Waals surface area contributed by atoms with E-state index in [9.17, 15) is 21.6 Å². The van der Waals surface area contributed by atoms with Gasteiger partial charge in [-0.3, -0.25) is 0 Å². The van der Waals surface area contributed by atoms with Gasteiger partial charge in [0, 0.05) is 0 Å². The Bertz CT molecular complexity index is 696. The summed E-state index contributed by atoms with van der Waals surface area (Å²) in [7, 11) is -5.66. The number of ether oxygens (including phenoxy) is 1. The SMILES string of the molecule is CCC1OC(c2ccccc2)CCC1=C(C)OS(=O)(=O)C(F)(F)F. The average Bonchev–Trinajstić information content (AvgIpc) is 2.53. The molecule has 2 unspecified atom stereocenters. The summed E-state index contributed by atoms with van der Waals surface area (Å²) in [6.07, 6.45) is 0.810. The van der Waals surface area contributed by atoms with Gasteiger partial charge in [0.1, 0.15) is 5.76 Å². The molecule has 0 aliphatic carbocycles. The minimum Gasteiger partial charge on any atom is -0.381 e. The smallest absolute Gasteiger partial charge is 0.381 e. The third-order valence-electron chi connectivity index (χ3n) is 3.91. The van der Waals surface area contributed by atoms with E-state index in [0.29, 0.717) is 24.8 Å². The molecule has 1 heterocycles. The lowest BCUT2D eigenvalue weighted by Gasteiger charge is -2.33. The summed E-state index contributed by atoms with van der Waals surface area (Å²) in [6.45, 7) is 3.05. The lowest BCUT2D eigenvalue weighted by molar-refractivity contribution is -0.0530. The van der Waals surface area contributed by atoms with Gasteiger partial charge >= 0.3 is 15.6 Å². The van der Waals surface area contributed by atoms with Crippen LogP contribution in [0.3, 0.4) is 0 Å². The number of hydrogen-bond acceptors (Lipinski definition) is 4. The molecule has 4 nitrogen and oxygen atoms in total. The Hall–Kier alpha value is -1.54. The van der Waals surface area contributed by atoms with Crippen LogP contribution in [0.1, 0.15) is 44.8 Å². The molecule has 1 fully saturated rings. The van der Waals surface area contributed by atoms with Crippen molar-refractivity contribution in [2.75, 3.05) is 0 Å². The maximum absolute atomic E-state index is 12.5. The summed E-state index contributed by atoms with van der Waals surface area (Å²) in [5.41, 5.74) is -4.01. The lowest BCUT2D eigenvalue weighted by atomic mass is 9.92. The zero-order valence-electron chi connectivity index (χ0n) is 13.3. The molecule has 2 rings (SSSR count). The Morgan fingerprint density at radius 2 is 1.92 bits per heavy atom. The molecule has 1 aliphatic rings. The lowest BCUT2D eigenvalue weighted by Crippen LogP contribution is -2.29. The Balaban J connectivity index is 2.20. The van der Waals surface area contributed by atoms with Crippen molar-refractivity contribution in [3.8, 4) is 0 Å². The van der Waals surface area contributed by atoms with Gasteiger partial charge in [-0.05, 0) is 37.3 Å². The summed E-state index contributed by atoms with van der Waals surface area (Å²) in [5.74, 6) is -0.259. The number of benzene rings is 1. The van der Waals surface area contributed by atoms with Crippen molar-refractivity contribution in [3.63, 3.8) is 0 Å². The van der Waals surface area contributed by atoms with E-state index in [1.54, 1.807) is 0 Å². The zero-order valence-corrected chi connectivity index (χ0v) is 14.2. The van der Waals surface area contributed by atoms with Crippen molar-refractivity contribution in [1.82, 2.24) is 0 Å². The second-order valence-electron chi connectivity index (χ2n) is 5.54. The van der Waals surface area contributed by atoms with Crippen molar-refractivity contribution in [2.45, 2.75) is 50.8 Å². The number of allylic oxidation sites excluding steroid dienone is 1. The summed E-state index contributed by atoms with van der Waals surface area (Å²) in [5, 5.41) is 0. The molecule has 0 spiro atoms. The van der Waals surface area contributed by atoms with Gasteiger partial charge in [-0.2, -0.15) is 21.6 Å². The maximum atomic E-state index is 12.5. The first kappa shape index (κ1) is 18.8. The van der Waals surface area contributed by atoms with E-state index < -0.39 is 21.7 Å². The predicted molar refractivity (Wildman–Crippen MR) is 82.3 cm³/mol. The van der Waals surface area contributed by atoms with E-state index in [0.717, 1.165) is 5.56 Å². The van der Waals surface area contributed by atoms with Crippen LogP contribution in [0.15, 0.2) is 41.7 Å². The van der Waals surface area contributed by atoms with Gasteiger partial charge in [0.25, 0.3) is 0 Å². The van der Waals surface area contributed by atoms with E-state index in [1.165, 1.54) is 6.92 Å². The fraction of sp³-hybridized carbons (Fsp3) is 0.500. The van der Waals surface area contributed by atoms with Crippen LogP contribution in [-0.4, -0.2) is 20.0 Å². The molecule has 0 amide bonds. The Morgan fingerprint density at radius 3 is 2.46 bits per heavy atom. The first-order valence-electron chi connectivity index (χ1n) is 7.56. The van der Waals surface area contributed by atoms with Crippen LogP contribution in [0, 0.1) is 0 Å². The monoisotopic (exact) mass is 364 g/mol. The standard InChI is InChI=1S/C16H19F3O4S/c1-3-14-13(11(2)23-24(20,21)16(17,18)19)9-10-15(22-14)12-7-5-4-6-8-12/h4-8,14-15H,3,9-10H2,1-2H3. The van der Waals surface area contributed by atoms with Crippen molar-refractivity contribution in [3.05, 3.63) is 47.2 Å². The molecule has 0 bridgehead atoms. The van der Waals surface area contributed by atoms with Crippen LogP contribution in [0.5, 0.6) is 0 Å². The Labute approximate surface area is 139 Å². The van der Waals surface area contributed by atoms with E-state index >= 15 is 0 Å². The highest BCUT2D eigenvalue weighted by molar-refractivity contribution is 7.87. The molecule has 0 saturated carbocycles. The average molecular weight is 364 g/mol. The van der Waals surface area contributed by atoms with Gasteiger partial charge in [0.2, 0.25) is 0 Å². The molecular formula is C16H19F3O4S. The van der Waals surface area contributed by atoms with E-state index in [2.05, 4.69) is 4.18 Å². The maximum Gasteiger partial charge on any atom is 0.534 e. The van der Waals surface area contributed by atoms with Crippen molar-refractivity contribution >= 4 is 10.1 Å². The largest absolute Gasteiger partial charge is 0.534 e. The van der Waals surface area contributed by atoms with Crippen molar-refractivity contribution < 1.29 is 30.5 Å². The first-order valence-corrected chi connectivity index (χ1v) is 8.97. The quantitative estimate of drug-likeness (QED) is 0.450. The van der Waals surface area contributed by atoms with Gasteiger partial charge in [-0.1, -0.05) is 37.3 Å². The predicted octanol–water partition coefficient (Wildman–Crippen LogP) is 4.46. The topological polar surface area (TPSA) is 52.6 Å². The normalized spacial score (nSPS) is 24.5. The number of alkyl halides is 3. The van der Waals surface area contributed by atoms with Gasteiger partial charge in [0.05, 0.1) is 12.2 Å². The fourth-order valence-electron chi connectivity index (χ4n) is 2.72. The summed E-state index contributed by atoms with van der Waals surface area (Å²) in [6, 6.07) is 9.49. The number of hydrogen-bond donors (Lipinski definition) is 0. The molecule has 0 radical (unpaired) electrons. The van der Waals surface area contributed by atoms with Crippen molar-refractivity contribution in [1.29, 1.82) is 0 Å². The first-order chi connectivity index (χ1) is 11.2. The molecule has 0 N–H and O–H groups in total. The number of rotatable bonds is 4. The fourth-order valence-corrected chi connectivity index (χ4v) is 3.25. The Morgan fingerprint density at radius 1 is 1.29 bits per heavy atom. The van der Waals surface area contributed by atoms with E-state index in [-0.39, 0.29) is 11.9 Å².